The third-order valence-corrected chi connectivity index (χ3v) is 4.23. The first kappa shape index (κ1) is 19.1. The molecule has 25 heavy (non-hydrogen) atoms. The van der Waals surface area contributed by atoms with Gasteiger partial charge in [-0.25, -0.2) is 4.79 Å². The van der Waals surface area contributed by atoms with Crippen LogP contribution in [0.3, 0.4) is 0 Å². The first-order valence-corrected chi connectivity index (χ1v) is 8.78. The summed E-state index contributed by atoms with van der Waals surface area (Å²) in [5.74, 6) is 0.988. The van der Waals surface area contributed by atoms with Gasteiger partial charge in [0.2, 0.25) is 0 Å². The van der Waals surface area contributed by atoms with Crippen LogP contribution in [0.15, 0.2) is 24.3 Å². The van der Waals surface area contributed by atoms with E-state index in [1.165, 1.54) is 4.90 Å². The lowest BCUT2D eigenvalue weighted by Gasteiger charge is -2.33. The summed E-state index contributed by atoms with van der Waals surface area (Å²) < 4.78 is 5.42. The van der Waals surface area contributed by atoms with Crippen LogP contribution in [-0.4, -0.2) is 58.3 Å². The number of rotatable bonds is 6. The number of imide groups is 1. The van der Waals surface area contributed by atoms with Crippen molar-refractivity contribution in [3.8, 4) is 5.75 Å². The van der Waals surface area contributed by atoms with Crippen LogP contribution in [0.5, 0.6) is 5.75 Å². The zero-order valence-electron chi connectivity index (χ0n) is 15.3. The zero-order valence-corrected chi connectivity index (χ0v) is 15.3. The largest absolute Gasteiger partial charge is 0.495 e. The molecule has 138 valence electrons. The van der Waals surface area contributed by atoms with E-state index in [-0.39, 0.29) is 5.91 Å². The van der Waals surface area contributed by atoms with E-state index in [0.29, 0.717) is 19.0 Å². The van der Waals surface area contributed by atoms with Crippen LogP contribution >= 0.6 is 0 Å². The molecule has 1 aliphatic rings. The van der Waals surface area contributed by atoms with Crippen molar-refractivity contribution < 1.29 is 19.2 Å². The Kier molecular flexibility index (Phi) is 7.06. The molecule has 0 bridgehead atoms. The molecule has 0 aliphatic carbocycles. The summed E-state index contributed by atoms with van der Waals surface area (Å²) in [5, 5.41) is 5.09. The van der Waals surface area contributed by atoms with Crippen LogP contribution in [0.2, 0.25) is 0 Å². The number of urea groups is 1. The number of hydrogen-bond acceptors (Lipinski definition) is 4. The molecule has 0 unspecified atom stereocenters. The average Bonchev–Trinajstić information content (AvgIpc) is 2.60. The fourth-order valence-electron chi connectivity index (χ4n) is 2.87. The maximum absolute atomic E-state index is 12.0. The van der Waals surface area contributed by atoms with Crippen LogP contribution in [0.1, 0.15) is 13.8 Å². The number of hydrogen-bond donors (Lipinski definition) is 3. The van der Waals surface area contributed by atoms with Gasteiger partial charge in [-0.1, -0.05) is 26.0 Å². The van der Waals surface area contributed by atoms with E-state index in [2.05, 4.69) is 21.6 Å². The summed E-state index contributed by atoms with van der Waals surface area (Å²) in [7, 11) is 1.68. The smallest absolute Gasteiger partial charge is 0.321 e. The van der Waals surface area contributed by atoms with Crippen molar-refractivity contribution >= 4 is 17.6 Å². The third kappa shape index (κ3) is 5.94. The second-order valence-corrected chi connectivity index (χ2v) is 6.74. The lowest BCUT2D eigenvalue weighted by atomic mass is 10.2. The predicted molar refractivity (Wildman–Crippen MR) is 97.2 cm³/mol. The standard InChI is InChI=1S/C18H28N4O3/c1-14(2)12-19-18(24)20-17(23)13-21-8-10-22(11-9-21)15-6-4-5-7-16(15)25-3/h4-7,14H,8-13H2,1-3H3,(H2,19,20,23,24)/p+1. The Bertz CT molecular complexity index is 583. The van der Waals surface area contributed by atoms with Crippen molar-refractivity contribution in [1.82, 2.24) is 10.6 Å². The van der Waals surface area contributed by atoms with Crippen molar-refractivity contribution in [2.24, 2.45) is 5.92 Å². The Labute approximate surface area is 149 Å². The van der Waals surface area contributed by atoms with E-state index in [1.54, 1.807) is 7.11 Å². The number of ether oxygens (including phenoxy) is 1. The summed E-state index contributed by atoms with van der Waals surface area (Å²) in [4.78, 5) is 27.1. The van der Waals surface area contributed by atoms with Crippen LogP contribution in [-0.2, 0) is 4.79 Å². The number of piperazine rings is 1. The second-order valence-electron chi connectivity index (χ2n) is 6.74. The average molecular weight is 349 g/mol. The van der Waals surface area contributed by atoms with Crippen LogP contribution in [0, 0.1) is 5.92 Å². The van der Waals surface area contributed by atoms with Crippen LogP contribution in [0.25, 0.3) is 0 Å². The lowest BCUT2D eigenvalue weighted by Crippen LogP contribution is -3.16. The number of quaternary nitrogens is 1. The molecule has 3 amide bonds. The molecule has 1 heterocycles. The Morgan fingerprint density at radius 3 is 2.56 bits per heavy atom. The topological polar surface area (TPSA) is 75.1 Å². The van der Waals surface area contributed by atoms with E-state index in [0.717, 1.165) is 37.6 Å². The van der Waals surface area contributed by atoms with E-state index in [9.17, 15) is 9.59 Å². The van der Waals surface area contributed by atoms with Crippen molar-refractivity contribution in [3.63, 3.8) is 0 Å². The fraction of sp³-hybridized carbons (Fsp3) is 0.556. The number of carbonyl (C=O) groups excluding carboxylic acids is 2. The summed E-state index contributed by atoms with van der Waals surface area (Å²) in [6.45, 7) is 8.28. The SMILES string of the molecule is COc1ccccc1N1CC[NH+](CC(=O)NC(=O)NCC(C)C)CC1. The molecule has 0 spiro atoms. The van der Waals surface area contributed by atoms with Gasteiger partial charge in [-0.3, -0.25) is 10.1 Å². The Morgan fingerprint density at radius 1 is 1.24 bits per heavy atom. The summed E-state index contributed by atoms with van der Waals surface area (Å²) in [6, 6.07) is 7.55. The molecule has 7 heteroatoms. The highest BCUT2D eigenvalue weighted by Gasteiger charge is 2.24. The van der Waals surface area contributed by atoms with Gasteiger partial charge >= 0.3 is 6.03 Å². The number of nitrogens with zero attached hydrogens (tertiary/aromatic N) is 1. The molecule has 7 nitrogen and oxygen atoms in total. The van der Waals surface area contributed by atoms with E-state index in [4.69, 9.17) is 4.74 Å². The molecule has 1 aromatic rings. The first-order valence-electron chi connectivity index (χ1n) is 8.78. The number of carbonyl (C=O) groups is 2. The molecule has 0 saturated carbocycles. The lowest BCUT2D eigenvalue weighted by molar-refractivity contribution is -0.892. The zero-order chi connectivity index (χ0) is 18.2. The third-order valence-electron chi connectivity index (χ3n) is 4.23. The highest BCUT2D eigenvalue weighted by atomic mass is 16.5. The van der Waals surface area contributed by atoms with Gasteiger partial charge in [0.25, 0.3) is 5.91 Å². The van der Waals surface area contributed by atoms with Gasteiger partial charge in [0.1, 0.15) is 5.75 Å². The molecular formula is C18H29N4O3+. The molecule has 1 fully saturated rings. The number of amides is 3. The first-order chi connectivity index (χ1) is 12.0. The molecule has 0 atom stereocenters. The molecule has 3 N–H and O–H groups in total. The van der Waals surface area contributed by atoms with Gasteiger partial charge in [-0.15, -0.1) is 0 Å². The van der Waals surface area contributed by atoms with Gasteiger partial charge in [0.05, 0.1) is 39.0 Å². The van der Waals surface area contributed by atoms with E-state index >= 15 is 0 Å². The number of benzene rings is 1. The summed E-state index contributed by atoms with van der Waals surface area (Å²) in [5.41, 5.74) is 1.08. The quantitative estimate of drug-likeness (QED) is 0.670. The van der Waals surface area contributed by atoms with Crippen molar-refractivity contribution in [3.05, 3.63) is 24.3 Å². The number of para-hydroxylation sites is 2. The van der Waals surface area contributed by atoms with Gasteiger partial charge < -0.3 is 19.9 Å². The molecule has 1 aliphatic heterocycles. The van der Waals surface area contributed by atoms with Crippen molar-refractivity contribution in [2.75, 3.05) is 51.3 Å². The molecule has 1 saturated heterocycles. The fourth-order valence-corrected chi connectivity index (χ4v) is 2.87. The Morgan fingerprint density at radius 2 is 1.92 bits per heavy atom. The van der Waals surface area contributed by atoms with E-state index in [1.807, 2.05) is 32.0 Å². The van der Waals surface area contributed by atoms with Crippen molar-refractivity contribution in [2.45, 2.75) is 13.8 Å². The minimum absolute atomic E-state index is 0.234. The highest BCUT2D eigenvalue weighted by Crippen LogP contribution is 2.27. The molecule has 2 rings (SSSR count). The monoisotopic (exact) mass is 349 g/mol. The number of anilines is 1. The molecular weight excluding hydrogens is 320 g/mol. The minimum atomic E-state index is -0.411. The minimum Gasteiger partial charge on any atom is -0.495 e. The summed E-state index contributed by atoms with van der Waals surface area (Å²) >= 11 is 0. The van der Waals surface area contributed by atoms with Gasteiger partial charge in [0.15, 0.2) is 6.54 Å². The van der Waals surface area contributed by atoms with Crippen molar-refractivity contribution in [1.29, 1.82) is 0 Å². The highest BCUT2D eigenvalue weighted by molar-refractivity contribution is 5.94. The molecule has 0 aromatic heterocycles. The molecule has 1 aromatic carbocycles. The second kappa shape index (κ2) is 9.27. The van der Waals surface area contributed by atoms with Gasteiger partial charge in [-0.2, -0.15) is 0 Å². The molecule has 0 radical (unpaired) electrons. The number of methoxy groups -OCH3 is 1. The summed E-state index contributed by atoms with van der Waals surface area (Å²) in [6.07, 6.45) is 0. The number of nitrogens with one attached hydrogen (secondary N) is 3. The predicted octanol–water partition coefficient (Wildman–Crippen LogP) is -0.118. The van der Waals surface area contributed by atoms with Gasteiger partial charge in [0, 0.05) is 6.54 Å². The van der Waals surface area contributed by atoms with Crippen LogP contribution < -0.4 is 25.2 Å². The maximum Gasteiger partial charge on any atom is 0.321 e. The normalized spacial score (nSPS) is 15.1. The van der Waals surface area contributed by atoms with Crippen LogP contribution in [0.4, 0.5) is 10.5 Å². The Balaban J connectivity index is 1.76. The Hall–Kier alpha value is -2.28. The van der Waals surface area contributed by atoms with Gasteiger partial charge in [-0.05, 0) is 18.1 Å². The van der Waals surface area contributed by atoms with E-state index < -0.39 is 6.03 Å². The maximum atomic E-state index is 12.0.